The number of amides is 2. The molecule has 0 saturated carbocycles. The summed E-state index contributed by atoms with van der Waals surface area (Å²) >= 11 is 0. The minimum Gasteiger partial charge on any atom is -0.436 e. The van der Waals surface area contributed by atoms with Crippen LogP contribution in [0, 0.1) is 0 Å². The van der Waals surface area contributed by atoms with Crippen LogP contribution in [0.3, 0.4) is 0 Å². The maximum atomic E-state index is 12.0. The van der Waals surface area contributed by atoms with Crippen LogP contribution in [0.1, 0.15) is 27.7 Å². The molecule has 0 aromatic heterocycles. The van der Waals surface area contributed by atoms with Crippen molar-refractivity contribution in [3.05, 3.63) is 0 Å². The average molecular weight is 257 g/mol. The van der Waals surface area contributed by atoms with E-state index in [9.17, 15) is 9.59 Å². The Balaban J connectivity index is 2.41. The van der Waals surface area contributed by atoms with Crippen molar-refractivity contribution in [1.29, 1.82) is 0 Å². The monoisotopic (exact) mass is 257 g/mol. The topological polar surface area (TPSA) is 70.7 Å². The van der Waals surface area contributed by atoms with Gasteiger partial charge in [0.15, 0.2) is 6.10 Å². The van der Waals surface area contributed by atoms with E-state index >= 15 is 0 Å². The van der Waals surface area contributed by atoms with E-state index in [0.717, 1.165) is 13.1 Å². The zero-order valence-corrected chi connectivity index (χ0v) is 11.6. The van der Waals surface area contributed by atoms with Crippen molar-refractivity contribution in [1.82, 2.24) is 15.5 Å². The highest BCUT2D eigenvalue weighted by Gasteiger charge is 2.26. The number of alkyl carbamates (subject to hydrolysis) is 1. The molecule has 1 rings (SSSR count). The maximum absolute atomic E-state index is 12.0. The lowest BCUT2D eigenvalue weighted by Gasteiger charge is -2.30. The maximum Gasteiger partial charge on any atom is 0.408 e. The molecule has 1 aliphatic rings. The van der Waals surface area contributed by atoms with Gasteiger partial charge in [0.05, 0.1) is 0 Å². The van der Waals surface area contributed by atoms with Crippen LogP contribution in [0.2, 0.25) is 0 Å². The van der Waals surface area contributed by atoms with Crippen LogP contribution in [0.15, 0.2) is 0 Å². The van der Waals surface area contributed by atoms with E-state index in [1.165, 1.54) is 0 Å². The van der Waals surface area contributed by atoms with Gasteiger partial charge in [0, 0.05) is 31.7 Å². The Bertz CT molecular complexity index is 306. The molecule has 1 heterocycles. The number of nitrogens with zero attached hydrogens (tertiary/aromatic N) is 1. The fourth-order valence-electron chi connectivity index (χ4n) is 1.69. The van der Waals surface area contributed by atoms with E-state index in [1.54, 1.807) is 11.8 Å². The van der Waals surface area contributed by atoms with Crippen molar-refractivity contribution in [2.24, 2.45) is 0 Å². The van der Waals surface area contributed by atoms with Gasteiger partial charge >= 0.3 is 6.09 Å². The molecule has 1 fully saturated rings. The third-order valence-electron chi connectivity index (χ3n) is 2.54. The van der Waals surface area contributed by atoms with Crippen molar-refractivity contribution < 1.29 is 14.3 Å². The van der Waals surface area contributed by atoms with E-state index in [0.29, 0.717) is 13.1 Å². The van der Waals surface area contributed by atoms with Crippen molar-refractivity contribution in [3.63, 3.8) is 0 Å². The molecule has 2 N–H and O–H groups in total. The summed E-state index contributed by atoms with van der Waals surface area (Å²) in [7, 11) is 0. The first-order chi connectivity index (χ1) is 8.29. The minimum absolute atomic E-state index is 0.138. The first-order valence-electron chi connectivity index (χ1n) is 6.28. The summed E-state index contributed by atoms with van der Waals surface area (Å²) in [5.74, 6) is -0.138. The highest BCUT2D eigenvalue weighted by molar-refractivity contribution is 5.83. The summed E-state index contributed by atoms with van der Waals surface area (Å²) in [6.07, 6.45) is -1.30. The first-order valence-corrected chi connectivity index (χ1v) is 6.28. The summed E-state index contributed by atoms with van der Waals surface area (Å²) < 4.78 is 5.08. The fourth-order valence-corrected chi connectivity index (χ4v) is 1.69. The molecule has 2 amide bonds. The largest absolute Gasteiger partial charge is 0.436 e. The average Bonchev–Trinajstić information content (AvgIpc) is 2.26. The summed E-state index contributed by atoms with van der Waals surface area (Å²) in [6, 6.07) is 0. The van der Waals surface area contributed by atoms with Crippen LogP contribution in [0.25, 0.3) is 0 Å². The third-order valence-corrected chi connectivity index (χ3v) is 2.54. The van der Waals surface area contributed by atoms with Gasteiger partial charge < -0.3 is 20.3 Å². The molecule has 1 aliphatic heterocycles. The van der Waals surface area contributed by atoms with Crippen molar-refractivity contribution in [2.45, 2.75) is 39.3 Å². The SMILES string of the molecule is C[C@H](OC(=O)NC(C)(C)C)C(=O)N1CCNCC1. The normalized spacial score (nSPS) is 18.1. The van der Waals surface area contributed by atoms with E-state index in [4.69, 9.17) is 4.74 Å². The van der Waals surface area contributed by atoms with Gasteiger partial charge in [-0.15, -0.1) is 0 Å². The molecule has 0 radical (unpaired) electrons. The Kier molecular flexibility index (Phi) is 4.95. The number of carbonyl (C=O) groups excluding carboxylic acids is 2. The fraction of sp³-hybridized carbons (Fsp3) is 0.833. The van der Waals surface area contributed by atoms with Gasteiger partial charge in [-0.2, -0.15) is 0 Å². The molecule has 1 saturated heterocycles. The van der Waals surface area contributed by atoms with E-state index < -0.39 is 12.2 Å². The smallest absolute Gasteiger partial charge is 0.408 e. The zero-order valence-electron chi connectivity index (χ0n) is 11.6. The predicted molar refractivity (Wildman–Crippen MR) is 68.3 cm³/mol. The molecular formula is C12H23N3O3. The van der Waals surface area contributed by atoms with Crippen LogP contribution in [0.5, 0.6) is 0 Å². The van der Waals surface area contributed by atoms with E-state index in [-0.39, 0.29) is 11.4 Å². The highest BCUT2D eigenvalue weighted by atomic mass is 16.6. The number of hydrogen-bond donors (Lipinski definition) is 2. The van der Waals surface area contributed by atoms with Gasteiger partial charge in [-0.25, -0.2) is 4.79 Å². The molecular weight excluding hydrogens is 234 g/mol. The zero-order chi connectivity index (χ0) is 13.8. The van der Waals surface area contributed by atoms with Crippen molar-refractivity contribution in [3.8, 4) is 0 Å². The molecule has 1 atom stereocenters. The van der Waals surface area contributed by atoms with Crippen molar-refractivity contribution >= 4 is 12.0 Å². The number of nitrogens with one attached hydrogen (secondary N) is 2. The van der Waals surface area contributed by atoms with Gasteiger partial charge in [0.1, 0.15) is 0 Å². The van der Waals surface area contributed by atoms with Gasteiger partial charge in [0.2, 0.25) is 0 Å². The molecule has 104 valence electrons. The Hall–Kier alpha value is -1.30. The summed E-state index contributed by atoms with van der Waals surface area (Å²) in [6.45, 7) is 10.1. The van der Waals surface area contributed by atoms with Crippen LogP contribution in [0.4, 0.5) is 4.79 Å². The standard InChI is InChI=1S/C12H23N3O3/c1-9(18-11(17)14-12(2,3)4)10(16)15-7-5-13-6-8-15/h9,13H,5-8H2,1-4H3,(H,14,17)/t9-/m0/s1. The number of carbonyl (C=O) groups is 2. The molecule has 0 bridgehead atoms. The first kappa shape index (κ1) is 14.8. The number of hydrogen-bond acceptors (Lipinski definition) is 4. The number of ether oxygens (including phenoxy) is 1. The van der Waals surface area contributed by atoms with Gasteiger partial charge in [0.25, 0.3) is 5.91 Å². The summed E-state index contributed by atoms with van der Waals surface area (Å²) in [5.41, 5.74) is -0.366. The molecule has 0 spiro atoms. The molecule has 18 heavy (non-hydrogen) atoms. The Morgan fingerprint density at radius 1 is 1.28 bits per heavy atom. The van der Waals surface area contributed by atoms with Crippen LogP contribution in [-0.4, -0.2) is 54.7 Å². The molecule has 0 aromatic carbocycles. The lowest BCUT2D eigenvalue weighted by atomic mass is 10.1. The van der Waals surface area contributed by atoms with Gasteiger partial charge in [-0.3, -0.25) is 4.79 Å². The summed E-state index contributed by atoms with van der Waals surface area (Å²) in [5, 5.41) is 5.83. The lowest BCUT2D eigenvalue weighted by molar-refractivity contribution is -0.140. The van der Waals surface area contributed by atoms with E-state index in [1.807, 2.05) is 20.8 Å². The Morgan fingerprint density at radius 3 is 2.33 bits per heavy atom. The minimum atomic E-state index is -0.745. The summed E-state index contributed by atoms with van der Waals surface area (Å²) in [4.78, 5) is 25.2. The molecule has 6 heteroatoms. The lowest BCUT2D eigenvalue weighted by Crippen LogP contribution is -2.51. The number of piperazine rings is 1. The second-order valence-corrected chi connectivity index (χ2v) is 5.50. The molecule has 0 unspecified atom stereocenters. The third kappa shape index (κ3) is 4.91. The second-order valence-electron chi connectivity index (χ2n) is 5.50. The van der Waals surface area contributed by atoms with Gasteiger partial charge in [-0.05, 0) is 27.7 Å². The van der Waals surface area contributed by atoms with Crippen LogP contribution in [-0.2, 0) is 9.53 Å². The second kappa shape index (κ2) is 6.04. The Labute approximate surface area is 108 Å². The number of rotatable bonds is 2. The molecule has 6 nitrogen and oxygen atoms in total. The highest BCUT2D eigenvalue weighted by Crippen LogP contribution is 2.04. The van der Waals surface area contributed by atoms with E-state index in [2.05, 4.69) is 10.6 Å². The molecule has 0 aliphatic carbocycles. The quantitative estimate of drug-likeness (QED) is 0.748. The van der Waals surface area contributed by atoms with Gasteiger partial charge in [-0.1, -0.05) is 0 Å². The molecule has 0 aromatic rings. The Morgan fingerprint density at radius 2 is 1.83 bits per heavy atom. The van der Waals surface area contributed by atoms with Crippen molar-refractivity contribution in [2.75, 3.05) is 26.2 Å². The van der Waals surface area contributed by atoms with Crippen LogP contribution >= 0.6 is 0 Å². The van der Waals surface area contributed by atoms with Crippen LogP contribution < -0.4 is 10.6 Å². The predicted octanol–water partition coefficient (Wildman–Crippen LogP) is 0.331.